The third-order valence-corrected chi connectivity index (χ3v) is 2.56. The fourth-order valence-corrected chi connectivity index (χ4v) is 1.85. The van der Waals surface area contributed by atoms with Gasteiger partial charge in [-0.05, 0) is 35.1 Å². The fraction of sp³-hybridized carbons (Fsp3) is 0.231. The lowest BCUT2D eigenvalue weighted by Crippen LogP contribution is -1.92. The standard InChI is InChI=1S/C13H13FO/c1-8(2)11-7-10(15)6-9-4-3-5-12(14)13(9)11/h3-8,15H,1-2H3. The molecule has 0 spiro atoms. The van der Waals surface area contributed by atoms with Gasteiger partial charge in [0, 0.05) is 5.39 Å². The third kappa shape index (κ3) is 1.67. The Morgan fingerprint density at radius 3 is 2.60 bits per heavy atom. The average molecular weight is 204 g/mol. The minimum Gasteiger partial charge on any atom is -0.508 e. The van der Waals surface area contributed by atoms with Crippen molar-refractivity contribution in [2.24, 2.45) is 0 Å². The molecule has 2 rings (SSSR count). The predicted octanol–water partition coefficient (Wildman–Crippen LogP) is 3.81. The summed E-state index contributed by atoms with van der Waals surface area (Å²) in [5, 5.41) is 10.9. The van der Waals surface area contributed by atoms with Gasteiger partial charge in [0.2, 0.25) is 0 Å². The molecule has 0 unspecified atom stereocenters. The normalized spacial score (nSPS) is 11.2. The Labute approximate surface area is 88.2 Å². The van der Waals surface area contributed by atoms with Gasteiger partial charge in [-0.25, -0.2) is 4.39 Å². The van der Waals surface area contributed by atoms with Gasteiger partial charge in [-0.3, -0.25) is 0 Å². The molecule has 2 aromatic rings. The van der Waals surface area contributed by atoms with Crippen molar-refractivity contribution in [1.82, 2.24) is 0 Å². The summed E-state index contributed by atoms with van der Waals surface area (Å²) in [7, 11) is 0. The highest BCUT2D eigenvalue weighted by Crippen LogP contribution is 2.31. The molecule has 2 aromatic carbocycles. The number of benzene rings is 2. The van der Waals surface area contributed by atoms with E-state index < -0.39 is 0 Å². The van der Waals surface area contributed by atoms with Gasteiger partial charge < -0.3 is 5.11 Å². The second-order valence-corrected chi connectivity index (χ2v) is 4.03. The van der Waals surface area contributed by atoms with E-state index in [0.717, 1.165) is 10.9 Å². The van der Waals surface area contributed by atoms with Crippen LogP contribution < -0.4 is 0 Å². The number of fused-ring (bicyclic) bond motifs is 1. The van der Waals surface area contributed by atoms with Gasteiger partial charge in [-0.1, -0.05) is 26.0 Å². The Hall–Kier alpha value is -1.57. The summed E-state index contributed by atoms with van der Waals surface area (Å²) in [6, 6.07) is 8.14. The van der Waals surface area contributed by atoms with Crippen LogP contribution in [0.3, 0.4) is 0 Å². The number of halogens is 1. The van der Waals surface area contributed by atoms with Crippen LogP contribution in [0, 0.1) is 5.82 Å². The molecular weight excluding hydrogens is 191 g/mol. The molecule has 0 fully saturated rings. The minimum absolute atomic E-state index is 0.191. The number of rotatable bonds is 1. The predicted molar refractivity (Wildman–Crippen MR) is 59.7 cm³/mol. The minimum atomic E-state index is -0.226. The van der Waals surface area contributed by atoms with E-state index in [1.54, 1.807) is 18.2 Å². The Balaban J connectivity index is 2.88. The van der Waals surface area contributed by atoms with E-state index >= 15 is 0 Å². The van der Waals surface area contributed by atoms with Gasteiger partial charge in [0.05, 0.1) is 0 Å². The maximum absolute atomic E-state index is 13.7. The third-order valence-electron chi connectivity index (χ3n) is 2.56. The van der Waals surface area contributed by atoms with Crippen molar-refractivity contribution in [2.45, 2.75) is 19.8 Å². The highest BCUT2D eigenvalue weighted by molar-refractivity contribution is 5.88. The van der Waals surface area contributed by atoms with E-state index in [1.807, 2.05) is 19.9 Å². The zero-order valence-electron chi connectivity index (χ0n) is 8.79. The van der Waals surface area contributed by atoms with Crippen LogP contribution in [0.25, 0.3) is 10.8 Å². The number of hydrogen-bond acceptors (Lipinski definition) is 1. The lowest BCUT2D eigenvalue weighted by Gasteiger charge is -2.11. The molecule has 0 radical (unpaired) electrons. The van der Waals surface area contributed by atoms with E-state index in [4.69, 9.17) is 0 Å². The van der Waals surface area contributed by atoms with Crippen molar-refractivity contribution < 1.29 is 9.50 Å². The smallest absolute Gasteiger partial charge is 0.131 e. The lowest BCUT2D eigenvalue weighted by molar-refractivity contribution is 0.475. The van der Waals surface area contributed by atoms with Crippen molar-refractivity contribution in [1.29, 1.82) is 0 Å². The zero-order valence-corrected chi connectivity index (χ0v) is 8.79. The molecule has 15 heavy (non-hydrogen) atoms. The van der Waals surface area contributed by atoms with Crippen LogP contribution in [0.5, 0.6) is 5.75 Å². The van der Waals surface area contributed by atoms with Crippen LogP contribution in [-0.2, 0) is 0 Å². The van der Waals surface area contributed by atoms with Crippen molar-refractivity contribution >= 4 is 10.8 Å². The number of aromatic hydroxyl groups is 1. The van der Waals surface area contributed by atoms with Gasteiger partial charge in [0.15, 0.2) is 0 Å². The summed E-state index contributed by atoms with van der Waals surface area (Å²) >= 11 is 0. The molecule has 78 valence electrons. The summed E-state index contributed by atoms with van der Waals surface area (Å²) in [5.41, 5.74) is 0.850. The monoisotopic (exact) mass is 204 g/mol. The summed E-state index contributed by atoms with van der Waals surface area (Å²) in [6.07, 6.45) is 0. The van der Waals surface area contributed by atoms with E-state index in [1.165, 1.54) is 6.07 Å². The molecule has 0 saturated carbocycles. The molecule has 0 aliphatic heterocycles. The largest absolute Gasteiger partial charge is 0.508 e. The molecule has 1 N–H and O–H groups in total. The number of hydrogen-bond donors (Lipinski definition) is 1. The van der Waals surface area contributed by atoms with Gasteiger partial charge in [-0.2, -0.15) is 0 Å². The second-order valence-electron chi connectivity index (χ2n) is 4.03. The highest BCUT2D eigenvalue weighted by Gasteiger charge is 2.10. The fourth-order valence-electron chi connectivity index (χ4n) is 1.85. The van der Waals surface area contributed by atoms with Crippen molar-refractivity contribution in [2.75, 3.05) is 0 Å². The van der Waals surface area contributed by atoms with Crippen molar-refractivity contribution in [3.05, 3.63) is 41.7 Å². The molecular formula is C13H13FO. The van der Waals surface area contributed by atoms with Crippen LogP contribution in [0.1, 0.15) is 25.3 Å². The van der Waals surface area contributed by atoms with E-state index in [2.05, 4.69) is 0 Å². The van der Waals surface area contributed by atoms with Gasteiger partial charge in [-0.15, -0.1) is 0 Å². The molecule has 0 heterocycles. The topological polar surface area (TPSA) is 20.2 Å². The molecule has 0 aromatic heterocycles. The van der Waals surface area contributed by atoms with E-state index in [0.29, 0.717) is 5.39 Å². The molecule has 0 aliphatic carbocycles. The number of phenols is 1. The second kappa shape index (κ2) is 3.54. The summed E-state index contributed by atoms with van der Waals surface area (Å²) in [4.78, 5) is 0. The maximum atomic E-state index is 13.7. The summed E-state index contributed by atoms with van der Waals surface area (Å²) < 4.78 is 13.7. The molecule has 1 nitrogen and oxygen atoms in total. The highest BCUT2D eigenvalue weighted by atomic mass is 19.1. The summed E-state index contributed by atoms with van der Waals surface area (Å²) in [5.74, 6) is 0.157. The van der Waals surface area contributed by atoms with Crippen LogP contribution >= 0.6 is 0 Å². The first-order chi connectivity index (χ1) is 7.09. The maximum Gasteiger partial charge on any atom is 0.131 e. The van der Waals surface area contributed by atoms with Gasteiger partial charge in [0.1, 0.15) is 11.6 Å². The summed E-state index contributed by atoms with van der Waals surface area (Å²) in [6.45, 7) is 3.97. The van der Waals surface area contributed by atoms with Crippen LogP contribution in [0.4, 0.5) is 4.39 Å². The lowest BCUT2D eigenvalue weighted by atomic mass is 9.95. The van der Waals surface area contributed by atoms with Gasteiger partial charge >= 0.3 is 0 Å². The Bertz CT molecular complexity index is 503. The number of phenolic OH excluding ortho intramolecular Hbond substituents is 1. The Morgan fingerprint density at radius 1 is 1.20 bits per heavy atom. The first kappa shape index (κ1) is 9.97. The molecule has 2 heteroatoms. The molecule has 0 atom stereocenters. The zero-order chi connectivity index (χ0) is 11.0. The first-order valence-corrected chi connectivity index (χ1v) is 5.00. The molecule has 0 aliphatic rings. The van der Waals surface area contributed by atoms with Gasteiger partial charge in [0.25, 0.3) is 0 Å². The van der Waals surface area contributed by atoms with Crippen molar-refractivity contribution in [3.8, 4) is 5.75 Å². The SMILES string of the molecule is CC(C)c1cc(O)cc2cccc(F)c12. The van der Waals surface area contributed by atoms with Crippen LogP contribution in [0.2, 0.25) is 0 Å². The Morgan fingerprint density at radius 2 is 1.93 bits per heavy atom. The van der Waals surface area contributed by atoms with Crippen LogP contribution in [-0.4, -0.2) is 5.11 Å². The quantitative estimate of drug-likeness (QED) is 0.748. The Kier molecular flexibility index (Phi) is 2.35. The molecule has 0 saturated heterocycles. The average Bonchev–Trinajstić information content (AvgIpc) is 2.16. The van der Waals surface area contributed by atoms with E-state index in [-0.39, 0.29) is 17.5 Å². The van der Waals surface area contributed by atoms with Crippen molar-refractivity contribution in [3.63, 3.8) is 0 Å². The first-order valence-electron chi connectivity index (χ1n) is 5.00. The van der Waals surface area contributed by atoms with Crippen LogP contribution in [0.15, 0.2) is 30.3 Å². The molecule has 0 amide bonds. The van der Waals surface area contributed by atoms with E-state index in [9.17, 15) is 9.50 Å². The molecule has 0 bridgehead atoms.